The zero-order valence-electron chi connectivity index (χ0n) is 11.1. The van der Waals surface area contributed by atoms with Crippen LogP contribution in [0.5, 0.6) is 0 Å². The van der Waals surface area contributed by atoms with Crippen LogP contribution in [0.15, 0.2) is 18.2 Å². The van der Waals surface area contributed by atoms with Crippen molar-refractivity contribution in [1.82, 2.24) is 0 Å². The van der Waals surface area contributed by atoms with Gasteiger partial charge >= 0.3 is 11.9 Å². The fourth-order valence-electron chi connectivity index (χ4n) is 1.75. The van der Waals surface area contributed by atoms with Gasteiger partial charge in [-0.2, -0.15) is 0 Å². The highest BCUT2D eigenvalue weighted by Gasteiger charge is 2.14. The molecule has 1 aromatic carbocycles. The molecular weight excluding hydrogens is 232 g/mol. The molecule has 1 rings (SSSR count). The summed E-state index contributed by atoms with van der Waals surface area (Å²) in [7, 11) is 2.63. The zero-order valence-corrected chi connectivity index (χ0v) is 11.1. The first-order valence-corrected chi connectivity index (χ1v) is 5.78. The first-order chi connectivity index (χ1) is 8.47. The minimum Gasteiger partial charge on any atom is -0.465 e. The predicted molar refractivity (Wildman–Crippen MR) is 67.7 cm³/mol. The summed E-state index contributed by atoms with van der Waals surface area (Å²) in [5.74, 6) is -0.472. The van der Waals surface area contributed by atoms with Crippen LogP contribution in [-0.2, 0) is 15.9 Å². The quantitative estimate of drug-likeness (QED) is 0.770. The zero-order chi connectivity index (χ0) is 13.7. The van der Waals surface area contributed by atoms with Crippen LogP contribution in [0.3, 0.4) is 0 Å². The van der Waals surface area contributed by atoms with Gasteiger partial charge in [-0.3, -0.25) is 0 Å². The molecule has 0 saturated carbocycles. The Morgan fingerprint density at radius 1 is 1.00 bits per heavy atom. The van der Waals surface area contributed by atoms with Crippen molar-refractivity contribution in [3.63, 3.8) is 0 Å². The van der Waals surface area contributed by atoms with Gasteiger partial charge in [0.05, 0.1) is 25.3 Å². The van der Waals surface area contributed by atoms with Gasteiger partial charge in [0.1, 0.15) is 0 Å². The van der Waals surface area contributed by atoms with Gasteiger partial charge in [-0.15, -0.1) is 0 Å². The standard InChI is InChI=1S/C14H18O4/c1-9(2)5-10-6-11(13(15)17-3)8-12(7-10)14(16)18-4/h6-9H,5H2,1-4H3. The average molecular weight is 250 g/mol. The molecule has 0 bridgehead atoms. The highest BCUT2D eigenvalue weighted by Crippen LogP contribution is 2.16. The molecule has 4 heteroatoms. The third kappa shape index (κ3) is 3.58. The summed E-state index contributed by atoms with van der Waals surface area (Å²) >= 11 is 0. The van der Waals surface area contributed by atoms with Crippen LogP contribution < -0.4 is 0 Å². The summed E-state index contributed by atoms with van der Waals surface area (Å²) < 4.78 is 9.35. The number of ether oxygens (including phenoxy) is 2. The summed E-state index contributed by atoms with van der Waals surface area (Å²) in [6.07, 6.45) is 0.787. The van der Waals surface area contributed by atoms with E-state index in [4.69, 9.17) is 0 Å². The molecule has 0 fully saturated rings. The molecule has 98 valence electrons. The summed E-state index contributed by atoms with van der Waals surface area (Å²) in [5.41, 5.74) is 1.67. The number of rotatable bonds is 4. The lowest BCUT2D eigenvalue weighted by molar-refractivity contribution is 0.0599. The second kappa shape index (κ2) is 6.19. The predicted octanol–water partition coefficient (Wildman–Crippen LogP) is 2.46. The van der Waals surface area contributed by atoms with Gasteiger partial charge in [-0.05, 0) is 36.1 Å². The van der Waals surface area contributed by atoms with E-state index in [0.29, 0.717) is 17.0 Å². The van der Waals surface area contributed by atoms with E-state index < -0.39 is 11.9 Å². The molecule has 0 atom stereocenters. The van der Waals surface area contributed by atoms with Gasteiger partial charge in [0, 0.05) is 0 Å². The summed E-state index contributed by atoms with van der Waals surface area (Å²) in [6, 6.07) is 4.98. The van der Waals surface area contributed by atoms with Crippen molar-refractivity contribution >= 4 is 11.9 Å². The van der Waals surface area contributed by atoms with Gasteiger partial charge < -0.3 is 9.47 Å². The molecule has 4 nitrogen and oxygen atoms in total. The van der Waals surface area contributed by atoms with Gasteiger partial charge in [0.2, 0.25) is 0 Å². The molecule has 0 saturated heterocycles. The van der Waals surface area contributed by atoms with Crippen LogP contribution in [0.1, 0.15) is 40.1 Å². The molecule has 18 heavy (non-hydrogen) atoms. The summed E-state index contributed by atoms with van der Waals surface area (Å²) in [4.78, 5) is 23.1. The van der Waals surface area contributed by atoms with Gasteiger partial charge in [0.15, 0.2) is 0 Å². The molecular formula is C14H18O4. The first-order valence-electron chi connectivity index (χ1n) is 5.78. The number of methoxy groups -OCH3 is 2. The van der Waals surface area contributed by atoms with Crippen molar-refractivity contribution in [2.75, 3.05) is 14.2 Å². The van der Waals surface area contributed by atoms with Crippen LogP contribution in [0.25, 0.3) is 0 Å². The van der Waals surface area contributed by atoms with E-state index in [1.807, 2.05) is 0 Å². The lowest BCUT2D eigenvalue weighted by Gasteiger charge is -2.09. The maximum Gasteiger partial charge on any atom is 0.337 e. The maximum atomic E-state index is 11.5. The van der Waals surface area contributed by atoms with Gasteiger partial charge in [-0.25, -0.2) is 9.59 Å². The Morgan fingerprint density at radius 3 is 1.78 bits per heavy atom. The Hall–Kier alpha value is -1.84. The SMILES string of the molecule is COC(=O)c1cc(CC(C)C)cc(C(=O)OC)c1. The van der Waals surface area contributed by atoms with Gasteiger partial charge in [-0.1, -0.05) is 13.8 Å². The van der Waals surface area contributed by atoms with Crippen LogP contribution in [-0.4, -0.2) is 26.2 Å². The monoisotopic (exact) mass is 250 g/mol. The third-order valence-corrected chi connectivity index (χ3v) is 2.48. The molecule has 0 aliphatic carbocycles. The Kier molecular flexibility index (Phi) is 4.89. The number of hydrogen-bond donors (Lipinski definition) is 0. The van der Waals surface area contributed by atoms with E-state index in [1.54, 1.807) is 12.1 Å². The molecule has 0 spiro atoms. The van der Waals surface area contributed by atoms with Crippen molar-refractivity contribution in [1.29, 1.82) is 0 Å². The Balaban J connectivity index is 3.19. The lowest BCUT2D eigenvalue weighted by Crippen LogP contribution is -2.08. The second-order valence-corrected chi connectivity index (χ2v) is 4.50. The molecule has 0 heterocycles. The van der Waals surface area contributed by atoms with Crippen LogP contribution in [0.4, 0.5) is 0 Å². The highest BCUT2D eigenvalue weighted by molar-refractivity contribution is 5.95. The number of esters is 2. The fourth-order valence-corrected chi connectivity index (χ4v) is 1.75. The van der Waals surface area contributed by atoms with Gasteiger partial charge in [0.25, 0.3) is 0 Å². The number of carbonyl (C=O) groups excluding carboxylic acids is 2. The Bertz CT molecular complexity index is 415. The van der Waals surface area contributed by atoms with E-state index in [-0.39, 0.29) is 0 Å². The highest BCUT2D eigenvalue weighted by atomic mass is 16.5. The molecule has 0 aromatic heterocycles. The molecule has 0 unspecified atom stereocenters. The number of carbonyl (C=O) groups is 2. The average Bonchev–Trinajstić information content (AvgIpc) is 2.35. The molecule has 0 N–H and O–H groups in total. The van der Waals surface area contributed by atoms with E-state index in [0.717, 1.165) is 12.0 Å². The van der Waals surface area contributed by atoms with E-state index in [9.17, 15) is 9.59 Å². The fraction of sp³-hybridized carbons (Fsp3) is 0.429. The van der Waals surface area contributed by atoms with E-state index >= 15 is 0 Å². The minimum absolute atomic E-state index is 0.371. The second-order valence-electron chi connectivity index (χ2n) is 4.50. The van der Waals surface area contributed by atoms with Crippen molar-refractivity contribution in [3.8, 4) is 0 Å². The normalized spacial score (nSPS) is 10.3. The Labute approximate surface area is 107 Å². The maximum absolute atomic E-state index is 11.5. The number of benzene rings is 1. The van der Waals surface area contributed by atoms with Crippen molar-refractivity contribution in [3.05, 3.63) is 34.9 Å². The topological polar surface area (TPSA) is 52.6 Å². The largest absolute Gasteiger partial charge is 0.465 e. The van der Waals surface area contributed by atoms with Crippen LogP contribution in [0.2, 0.25) is 0 Å². The lowest BCUT2D eigenvalue weighted by atomic mass is 9.98. The molecule has 1 aromatic rings. The molecule has 0 aliphatic heterocycles. The van der Waals surface area contributed by atoms with Crippen molar-refractivity contribution in [2.24, 2.45) is 5.92 Å². The molecule has 0 aliphatic rings. The Morgan fingerprint density at radius 2 is 1.44 bits per heavy atom. The van der Waals surface area contributed by atoms with E-state index in [1.165, 1.54) is 20.3 Å². The van der Waals surface area contributed by atoms with Crippen molar-refractivity contribution < 1.29 is 19.1 Å². The summed E-state index contributed by atoms with van der Waals surface area (Å²) in [5, 5.41) is 0. The molecule has 0 radical (unpaired) electrons. The minimum atomic E-state index is -0.453. The van der Waals surface area contributed by atoms with Crippen LogP contribution >= 0.6 is 0 Å². The number of hydrogen-bond acceptors (Lipinski definition) is 4. The van der Waals surface area contributed by atoms with Crippen LogP contribution in [0, 0.1) is 5.92 Å². The van der Waals surface area contributed by atoms with Crippen molar-refractivity contribution in [2.45, 2.75) is 20.3 Å². The first kappa shape index (κ1) is 14.2. The summed E-state index contributed by atoms with van der Waals surface area (Å²) in [6.45, 7) is 4.14. The smallest absolute Gasteiger partial charge is 0.337 e. The molecule has 0 amide bonds. The third-order valence-electron chi connectivity index (χ3n) is 2.48. The van der Waals surface area contributed by atoms with E-state index in [2.05, 4.69) is 23.3 Å².